The average Bonchev–Trinajstić information content (AvgIpc) is 3.63. The second-order valence-corrected chi connectivity index (χ2v) is 15.7. The van der Waals surface area contributed by atoms with Gasteiger partial charge in [-0.05, 0) is 120 Å². The molecular weight excluding hydrogens is 723 g/mol. The fourth-order valence-corrected chi connectivity index (χ4v) is 9.64. The molecule has 10 aromatic carbocycles. The van der Waals surface area contributed by atoms with E-state index in [9.17, 15) is 0 Å². The summed E-state index contributed by atoms with van der Waals surface area (Å²) in [4.78, 5) is 2.44. The minimum absolute atomic E-state index is 0.508. The first-order valence-electron chi connectivity index (χ1n) is 20.8. The van der Waals surface area contributed by atoms with Crippen LogP contribution in [0.3, 0.4) is 0 Å². The molecule has 0 unspecified atom stereocenters. The van der Waals surface area contributed by atoms with Gasteiger partial charge < -0.3 is 4.90 Å². The Kier molecular flexibility index (Phi) is 8.79. The van der Waals surface area contributed by atoms with Crippen molar-refractivity contribution >= 4 is 27.8 Å². The molecule has 282 valence electrons. The third-order valence-corrected chi connectivity index (χ3v) is 12.3. The molecule has 0 heterocycles. The molecule has 0 bridgehead atoms. The van der Waals surface area contributed by atoms with E-state index in [0.29, 0.717) is 0 Å². The normalized spacial score (nSPS) is 12.5. The molecular formula is C59H41N. The molecule has 0 atom stereocenters. The molecule has 0 amide bonds. The molecule has 60 heavy (non-hydrogen) atoms. The van der Waals surface area contributed by atoms with Gasteiger partial charge in [-0.3, -0.25) is 0 Å². The lowest BCUT2D eigenvalue weighted by atomic mass is 9.67. The van der Waals surface area contributed by atoms with E-state index in [0.717, 1.165) is 22.6 Å². The Morgan fingerprint density at radius 3 is 1.45 bits per heavy atom. The van der Waals surface area contributed by atoms with Gasteiger partial charge in [0, 0.05) is 17.1 Å². The fourth-order valence-electron chi connectivity index (χ4n) is 9.64. The number of anilines is 3. The highest BCUT2D eigenvalue weighted by Gasteiger charge is 2.46. The van der Waals surface area contributed by atoms with E-state index in [-0.39, 0.29) is 0 Å². The van der Waals surface area contributed by atoms with Crippen molar-refractivity contribution < 1.29 is 0 Å². The van der Waals surface area contributed by atoms with Crippen LogP contribution in [0, 0.1) is 0 Å². The van der Waals surface area contributed by atoms with Crippen molar-refractivity contribution in [3.05, 3.63) is 271 Å². The SMILES string of the molecule is c1ccc(-c2cccc(N(c3cccc(-c4cccc(-c5cccc6ccccc56)c4)c3)c3ccc4c(c3)C(c3ccccc3)(c3ccccc3)c3ccccc3-4)c2)cc1. The molecule has 1 aliphatic carbocycles. The summed E-state index contributed by atoms with van der Waals surface area (Å²) < 4.78 is 0. The van der Waals surface area contributed by atoms with E-state index in [1.54, 1.807) is 0 Å². The van der Waals surface area contributed by atoms with Crippen molar-refractivity contribution in [3.8, 4) is 44.5 Å². The van der Waals surface area contributed by atoms with Crippen LogP contribution in [0.1, 0.15) is 22.3 Å². The van der Waals surface area contributed by atoms with Crippen LogP contribution in [0.2, 0.25) is 0 Å². The zero-order valence-corrected chi connectivity index (χ0v) is 33.1. The van der Waals surface area contributed by atoms with Crippen LogP contribution in [-0.2, 0) is 5.41 Å². The van der Waals surface area contributed by atoms with Crippen LogP contribution < -0.4 is 4.90 Å². The number of benzene rings is 10. The molecule has 1 heteroatoms. The Morgan fingerprint density at radius 1 is 0.267 bits per heavy atom. The minimum Gasteiger partial charge on any atom is -0.310 e. The highest BCUT2D eigenvalue weighted by atomic mass is 15.1. The molecule has 1 nitrogen and oxygen atoms in total. The van der Waals surface area contributed by atoms with E-state index in [2.05, 4.69) is 254 Å². The van der Waals surface area contributed by atoms with E-state index < -0.39 is 5.41 Å². The van der Waals surface area contributed by atoms with Crippen LogP contribution >= 0.6 is 0 Å². The summed E-state index contributed by atoms with van der Waals surface area (Å²) in [6.07, 6.45) is 0. The maximum atomic E-state index is 2.46. The Labute approximate surface area is 352 Å². The first-order valence-corrected chi connectivity index (χ1v) is 20.8. The molecule has 0 fully saturated rings. The van der Waals surface area contributed by atoms with Gasteiger partial charge in [0.25, 0.3) is 0 Å². The Morgan fingerprint density at radius 2 is 0.733 bits per heavy atom. The fraction of sp³-hybridized carbons (Fsp3) is 0.0169. The summed E-state index contributed by atoms with van der Waals surface area (Å²) in [5.74, 6) is 0. The molecule has 11 rings (SSSR count). The summed E-state index contributed by atoms with van der Waals surface area (Å²) in [6, 6.07) is 91.1. The molecule has 0 saturated heterocycles. The summed E-state index contributed by atoms with van der Waals surface area (Å²) in [6.45, 7) is 0. The molecule has 0 spiro atoms. The number of fused-ring (bicyclic) bond motifs is 4. The van der Waals surface area contributed by atoms with Crippen molar-refractivity contribution in [2.75, 3.05) is 4.90 Å². The highest BCUT2D eigenvalue weighted by molar-refractivity contribution is 5.97. The Bertz CT molecular complexity index is 3100. The maximum Gasteiger partial charge on any atom is 0.0714 e. The largest absolute Gasteiger partial charge is 0.310 e. The van der Waals surface area contributed by atoms with Gasteiger partial charge in [-0.25, -0.2) is 0 Å². The van der Waals surface area contributed by atoms with E-state index in [4.69, 9.17) is 0 Å². The summed E-state index contributed by atoms with van der Waals surface area (Å²) in [5.41, 5.74) is 17.6. The third kappa shape index (κ3) is 5.94. The summed E-state index contributed by atoms with van der Waals surface area (Å²) in [5, 5.41) is 2.51. The van der Waals surface area contributed by atoms with Crippen molar-refractivity contribution in [2.24, 2.45) is 0 Å². The van der Waals surface area contributed by atoms with Gasteiger partial charge in [-0.2, -0.15) is 0 Å². The molecule has 0 radical (unpaired) electrons. The maximum absolute atomic E-state index is 2.46. The average molecular weight is 764 g/mol. The van der Waals surface area contributed by atoms with E-state index in [1.807, 2.05) is 0 Å². The van der Waals surface area contributed by atoms with Crippen molar-refractivity contribution in [3.63, 3.8) is 0 Å². The van der Waals surface area contributed by atoms with Gasteiger partial charge in [-0.1, -0.05) is 206 Å². The Balaban J connectivity index is 1.11. The molecule has 1 aliphatic rings. The number of hydrogen-bond acceptors (Lipinski definition) is 1. The predicted molar refractivity (Wildman–Crippen MR) is 252 cm³/mol. The lowest BCUT2D eigenvalue weighted by Crippen LogP contribution is -2.28. The predicted octanol–water partition coefficient (Wildman–Crippen LogP) is 15.7. The zero-order valence-electron chi connectivity index (χ0n) is 33.1. The summed E-state index contributed by atoms with van der Waals surface area (Å²) >= 11 is 0. The van der Waals surface area contributed by atoms with Crippen LogP contribution in [-0.4, -0.2) is 0 Å². The highest BCUT2D eigenvalue weighted by Crippen LogP contribution is 2.57. The van der Waals surface area contributed by atoms with Crippen LogP contribution in [0.5, 0.6) is 0 Å². The van der Waals surface area contributed by atoms with Gasteiger partial charge in [0.1, 0.15) is 0 Å². The Hall–Kier alpha value is -7.74. The van der Waals surface area contributed by atoms with E-state index >= 15 is 0 Å². The van der Waals surface area contributed by atoms with Gasteiger partial charge in [0.05, 0.1) is 5.41 Å². The zero-order chi connectivity index (χ0) is 39.9. The molecule has 0 N–H and O–H groups in total. The van der Waals surface area contributed by atoms with Crippen LogP contribution in [0.25, 0.3) is 55.3 Å². The topological polar surface area (TPSA) is 3.24 Å². The smallest absolute Gasteiger partial charge is 0.0714 e. The van der Waals surface area contributed by atoms with Gasteiger partial charge in [0.15, 0.2) is 0 Å². The van der Waals surface area contributed by atoms with Gasteiger partial charge >= 0.3 is 0 Å². The monoisotopic (exact) mass is 763 g/mol. The minimum atomic E-state index is -0.508. The lowest BCUT2D eigenvalue weighted by Gasteiger charge is -2.35. The van der Waals surface area contributed by atoms with Crippen molar-refractivity contribution in [2.45, 2.75) is 5.41 Å². The molecule has 0 aliphatic heterocycles. The standard InChI is InChI=1S/C59H41N/c1-4-18-42(19-5-1)45-23-15-30-50(39-45)60(51-31-16-24-46(40-51)44-22-14-25-47(38-44)54-34-17-21-43-20-10-11-32-53(43)54)52-36-37-56-55-33-12-13-35-57(55)59(58(56)41-52,48-26-6-2-7-27-48)49-28-8-3-9-29-49/h1-41H. The van der Waals surface area contributed by atoms with Crippen LogP contribution in [0.4, 0.5) is 17.1 Å². The molecule has 0 saturated carbocycles. The summed E-state index contributed by atoms with van der Waals surface area (Å²) in [7, 11) is 0. The van der Waals surface area contributed by atoms with E-state index in [1.165, 1.54) is 72.0 Å². The molecule has 0 aromatic heterocycles. The first kappa shape index (κ1) is 35.4. The second kappa shape index (κ2) is 14.9. The number of nitrogens with zero attached hydrogens (tertiary/aromatic N) is 1. The number of rotatable bonds is 8. The lowest BCUT2D eigenvalue weighted by molar-refractivity contribution is 0.768. The van der Waals surface area contributed by atoms with Gasteiger partial charge in [-0.15, -0.1) is 0 Å². The third-order valence-electron chi connectivity index (χ3n) is 12.3. The number of hydrogen-bond donors (Lipinski definition) is 0. The van der Waals surface area contributed by atoms with Crippen molar-refractivity contribution in [1.29, 1.82) is 0 Å². The first-order chi connectivity index (χ1) is 29.8. The molecule has 10 aromatic rings. The van der Waals surface area contributed by atoms with Crippen LogP contribution in [0.15, 0.2) is 249 Å². The quantitative estimate of drug-likeness (QED) is 0.149. The van der Waals surface area contributed by atoms with Gasteiger partial charge in [0.2, 0.25) is 0 Å². The second-order valence-electron chi connectivity index (χ2n) is 15.7. The van der Waals surface area contributed by atoms with Crippen molar-refractivity contribution in [1.82, 2.24) is 0 Å².